The number of pyridine rings is 1. The highest BCUT2D eigenvalue weighted by Crippen LogP contribution is 2.18. The van der Waals surface area contributed by atoms with Crippen molar-refractivity contribution in [2.45, 2.75) is 20.4 Å². The third-order valence-corrected chi connectivity index (χ3v) is 3.91. The number of amides is 1. The van der Waals surface area contributed by atoms with Crippen molar-refractivity contribution in [3.63, 3.8) is 0 Å². The average molecular weight is 355 g/mol. The number of hydrogen-bond acceptors (Lipinski definition) is 5. The highest BCUT2D eigenvalue weighted by Gasteiger charge is 2.13. The molecule has 20 heavy (non-hydrogen) atoms. The summed E-state index contributed by atoms with van der Waals surface area (Å²) in [5, 5.41) is 8.80. The quantitative estimate of drug-likeness (QED) is 0.865. The summed E-state index contributed by atoms with van der Waals surface area (Å²) in [6.45, 7) is 5.03. The first kappa shape index (κ1) is 14.9. The van der Waals surface area contributed by atoms with Crippen molar-refractivity contribution >= 4 is 39.0 Å². The molecular weight excluding hydrogens is 340 g/mol. The van der Waals surface area contributed by atoms with E-state index in [9.17, 15) is 4.79 Å². The van der Waals surface area contributed by atoms with Crippen LogP contribution >= 0.6 is 27.3 Å². The third kappa shape index (κ3) is 3.77. The molecule has 0 unspecified atom stereocenters. The van der Waals surface area contributed by atoms with Crippen LogP contribution in [0.15, 0.2) is 22.1 Å². The van der Waals surface area contributed by atoms with E-state index < -0.39 is 0 Å². The zero-order chi connectivity index (χ0) is 14.5. The average Bonchev–Trinajstić information content (AvgIpc) is 2.84. The zero-order valence-electron chi connectivity index (χ0n) is 11.2. The smallest absolute Gasteiger partial charge is 0.255 e. The highest BCUT2D eigenvalue weighted by atomic mass is 79.9. The number of carbonyl (C=O) groups is 1. The Kier molecular flexibility index (Phi) is 5.08. The standard InChI is InChI=1S/C13H15BrN4OS/c1-3-15-12-10(4-9(14)5-16-12)13(19)17-6-11-18-8(2)7-20-11/h4-5,7H,3,6H2,1-2H3,(H,15,16)(H,17,19). The van der Waals surface area contributed by atoms with E-state index in [-0.39, 0.29) is 5.91 Å². The van der Waals surface area contributed by atoms with E-state index in [4.69, 9.17) is 0 Å². The molecule has 2 aromatic rings. The second-order valence-corrected chi connectivity index (χ2v) is 6.00. The molecule has 0 spiro atoms. The van der Waals surface area contributed by atoms with Gasteiger partial charge in [0.05, 0.1) is 12.1 Å². The first-order valence-corrected chi connectivity index (χ1v) is 7.86. The van der Waals surface area contributed by atoms with Crippen LogP contribution in [-0.4, -0.2) is 22.4 Å². The summed E-state index contributed by atoms with van der Waals surface area (Å²) < 4.78 is 0.773. The maximum atomic E-state index is 12.2. The lowest BCUT2D eigenvalue weighted by molar-refractivity contribution is 0.0951. The number of thiazole rings is 1. The largest absolute Gasteiger partial charge is 0.370 e. The van der Waals surface area contributed by atoms with Gasteiger partial charge >= 0.3 is 0 Å². The number of hydrogen-bond donors (Lipinski definition) is 2. The Bertz CT molecular complexity index is 614. The minimum absolute atomic E-state index is 0.164. The monoisotopic (exact) mass is 354 g/mol. The Morgan fingerprint density at radius 1 is 1.50 bits per heavy atom. The van der Waals surface area contributed by atoms with Gasteiger partial charge in [0.15, 0.2) is 0 Å². The van der Waals surface area contributed by atoms with Crippen LogP contribution in [0, 0.1) is 6.92 Å². The Morgan fingerprint density at radius 3 is 2.95 bits per heavy atom. The van der Waals surface area contributed by atoms with E-state index in [2.05, 4.69) is 36.5 Å². The highest BCUT2D eigenvalue weighted by molar-refractivity contribution is 9.10. The molecule has 5 nitrogen and oxygen atoms in total. The Hall–Kier alpha value is -1.47. The molecule has 0 aliphatic rings. The molecule has 2 rings (SSSR count). The maximum Gasteiger partial charge on any atom is 0.255 e. The van der Waals surface area contributed by atoms with Crippen molar-refractivity contribution in [1.29, 1.82) is 0 Å². The second-order valence-electron chi connectivity index (χ2n) is 4.15. The first-order chi connectivity index (χ1) is 9.60. The SMILES string of the molecule is CCNc1ncc(Br)cc1C(=O)NCc1nc(C)cs1. The molecular formula is C13H15BrN4OS. The Morgan fingerprint density at radius 2 is 2.30 bits per heavy atom. The third-order valence-electron chi connectivity index (χ3n) is 2.51. The molecule has 0 atom stereocenters. The summed E-state index contributed by atoms with van der Waals surface area (Å²) in [5.41, 5.74) is 1.49. The first-order valence-electron chi connectivity index (χ1n) is 6.18. The van der Waals surface area contributed by atoms with Gasteiger partial charge in [-0.05, 0) is 35.8 Å². The summed E-state index contributed by atoms with van der Waals surface area (Å²) in [7, 11) is 0. The molecule has 0 fully saturated rings. The molecule has 2 aromatic heterocycles. The normalized spacial score (nSPS) is 10.3. The molecule has 1 amide bonds. The fraction of sp³-hybridized carbons (Fsp3) is 0.308. The molecule has 7 heteroatoms. The Labute approximate surface area is 130 Å². The van der Waals surface area contributed by atoms with E-state index in [1.54, 1.807) is 12.3 Å². The molecule has 0 saturated carbocycles. The minimum Gasteiger partial charge on any atom is -0.370 e. The number of halogens is 1. The summed E-state index contributed by atoms with van der Waals surface area (Å²) in [5.74, 6) is 0.422. The van der Waals surface area contributed by atoms with Crippen LogP contribution in [0.3, 0.4) is 0 Å². The van der Waals surface area contributed by atoms with Gasteiger partial charge in [0, 0.05) is 28.3 Å². The van der Waals surface area contributed by atoms with Crippen LogP contribution in [0.4, 0.5) is 5.82 Å². The lowest BCUT2D eigenvalue weighted by Crippen LogP contribution is -2.24. The number of aryl methyl sites for hydroxylation is 1. The van der Waals surface area contributed by atoms with Gasteiger partial charge in [0.25, 0.3) is 5.91 Å². The molecule has 0 aliphatic heterocycles. The van der Waals surface area contributed by atoms with Gasteiger partial charge in [-0.3, -0.25) is 4.79 Å². The molecule has 0 bridgehead atoms. The van der Waals surface area contributed by atoms with Crippen molar-refractivity contribution in [3.05, 3.63) is 38.4 Å². The maximum absolute atomic E-state index is 12.2. The predicted octanol–water partition coefficient (Wildman–Crippen LogP) is 2.97. The van der Waals surface area contributed by atoms with E-state index in [0.717, 1.165) is 15.2 Å². The number of rotatable bonds is 5. The van der Waals surface area contributed by atoms with E-state index >= 15 is 0 Å². The zero-order valence-corrected chi connectivity index (χ0v) is 13.6. The van der Waals surface area contributed by atoms with Crippen LogP contribution in [0.25, 0.3) is 0 Å². The van der Waals surface area contributed by atoms with Crippen molar-refractivity contribution < 1.29 is 4.79 Å². The molecule has 0 saturated heterocycles. The van der Waals surface area contributed by atoms with Crippen LogP contribution in [0.5, 0.6) is 0 Å². The van der Waals surface area contributed by atoms with Crippen molar-refractivity contribution in [1.82, 2.24) is 15.3 Å². The number of carbonyl (C=O) groups excluding carboxylic acids is 1. The summed E-state index contributed by atoms with van der Waals surface area (Å²) in [6, 6.07) is 1.76. The van der Waals surface area contributed by atoms with E-state index in [0.29, 0.717) is 24.5 Å². The van der Waals surface area contributed by atoms with Gasteiger partial charge in [-0.1, -0.05) is 0 Å². The fourth-order valence-electron chi connectivity index (χ4n) is 1.66. The molecule has 0 radical (unpaired) electrons. The van der Waals surface area contributed by atoms with Gasteiger partial charge < -0.3 is 10.6 Å². The van der Waals surface area contributed by atoms with Gasteiger partial charge in [0.2, 0.25) is 0 Å². The molecule has 0 aliphatic carbocycles. The molecule has 106 valence electrons. The number of aromatic nitrogens is 2. The summed E-state index contributed by atoms with van der Waals surface area (Å²) in [6.07, 6.45) is 1.67. The topological polar surface area (TPSA) is 66.9 Å². The van der Waals surface area contributed by atoms with Crippen LogP contribution in [0.2, 0.25) is 0 Å². The number of nitrogens with zero attached hydrogens (tertiary/aromatic N) is 2. The van der Waals surface area contributed by atoms with Crippen molar-refractivity contribution in [2.24, 2.45) is 0 Å². The van der Waals surface area contributed by atoms with Gasteiger partial charge in [-0.25, -0.2) is 9.97 Å². The van der Waals surface area contributed by atoms with Crippen molar-refractivity contribution in [3.8, 4) is 0 Å². The van der Waals surface area contributed by atoms with Gasteiger partial charge in [0.1, 0.15) is 10.8 Å². The lowest BCUT2D eigenvalue weighted by Gasteiger charge is -2.10. The predicted molar refractivity (Wildman–Crippen MR) is 84.1 cm³/mol. The van der Waals surface area contributed by atoms with Crippen LogP contribution in [-0.2, 0) is 6.54 Å². The minimum atomic E-state index is -0.164. The number of anilines is 1. The molecule has 2 N–H and O–H groups in total. The molecule has 0 aromatic carbocycles. The number of nitrogens with one attached hydrogen (secondary N) is 2. The van der Waals surface area contributed by atoms with E-state index in [1.807, 2.05) is 19.2 Å². The van der Waals surface area contributed by atoms with Gasteiger partial charge in [-0.15, -0.1) is 11.3 Å². The van der Waals surface area contributed by atoms with Crippen LogP contribution in [0.1, 0.15) is 28.0 Å². The fourth-order valence-corrected chi connectivity index (χ4v) is 2.70. The second kappa shape index (κ2) is 6.81. The van der Waals surface area contributed by atoms with Gasteiger partial charge in [-0.2, -0.15) is 0 Å². The van der Waals surface area contributed by atoms with Crippen LogP contribution < -0.4 is 10.6 Å². The summed E-state index contributed by atoms with van der Waals surface area (Å²) in [4.78, 5) is 20.8. The summed E-state index contributed by atoms with van der Waals surface area (Å²) >= 11 is 4.87. The lowest BCUT2D eigenvalue weighted by atomic mass is 10.2. The molecule has 2 heterocycles. The van der Waals surface area contributed by atoms with Crippen molar-refractivity contribution in [2.75, 3.05) is 11.9 Å². The Balaban J connectivity index is 2.09. The van der Waals surface area contributed by atoms with E-state index in [1.165, 1.54) is 11.3 Å².